The number of nitrogens with one attached hydrogen (secondary N) is 2. The highest BCUT2D eigenvalue weighted by Crippen LogP contribution is 2.41. The summed E-state index contributed by atoms with van der Waals surface area (Å²) in [7, 11) is 1.63. The number of halogens is 5. The molecule has 0 radical (unpaired) electrons. The van der Waals surface area contributed by atoms with Crippen LogP contribution in [0.2, 0.25) is 5.02 Å². The lowest BCUT2D eigenvalue weighted by molar-refractivity contribution is -0.137. The molecule has 2 fully saturated rings. The zero-order chi connectivity index (χ0) is 33.5. The molecule has 2 N–H and O–H groups in total. The Morgan fingerprint density at radius 3 is 2.49 bits per heavy atom. The molecular formula is C30H30ClF4N9O3. The van der Waals surface area contributed by atoms with Gasteiger partial charge in [0.2, 0.25) is 5.95 Å². The standard InChI is InChI=1S/C30H30ClF4N9O3/c1-16-24(31)26(42-41-16)25-20(30(33,34)35)12-38-27(40-25)39-18-3-5-19(6-4-18)44(28(46)47-15-29(32)8-9-29)22-14-36-21(13-37-22)17-7-10-43(2)23(45)11-17/h7,10-14,18-19H,3-6,8-9,15H2,1-2H3,(H,41,42)(H,38,39,40). The van der Waals surface area contributed by atoms with E-state index >= 15 is 0 Å². The number of carbonyl (C=O) groups excluding carboxylic acids is 1. The van der Waals surface area contributed by atoms with Crippen LogP contribution in [0, 0.1) is 6.92 Å². The minimum absolute atomic E-state index is 0.0251. The van der Waals surface area contributed by atoms with Crippen molar-refractivity contribution in [1.29, 1.82) is 0 Å². The fourth-order valence-electron chi connectivity index (χ4n) is 5.35. The Morgan fingerprint density at radius 1 is 1.15 bits per heavy atom. The van der Waals surface area contributed by atoms with Gasteiger partial charge in [-0.1, -0.05) is 11.6 Å². The average Bonchev–Trinajstić information content (AvgIpc) is 3.69. The van der Waals surface area contributed by atoms with Gasteiger partial charge < -0.3 is 14.6 Å². The summed E-state index contributed by atoms with van der Waals surface area (Å²) in [6, 6.07) is 2.51. The topological polar surface area (TPSA) is 144 Å². The van der Waals surface area contributed by atoms with Crippen molar-refractivity contribution in [1.82, 2.24) is 34.7 Å². The molecule has 0 saturated heterocycles. The number of ether oxygens (including phenoxy) is 1. The summed E-state index contributed by atoms with van der Waals surface area (Å²) in [5, 5.41) is 9.61. The number of carbonyl (C=O) groups is 1. The van der Waals surface area contributed by atoms with E-state index in [2.05, 4.69) is 35.5 Å². The van der Waals surface area contributed by atoms with Crippen molar-refractivity contribution < 1.29 is 27.1 Å². The first-order chi connectivity index (χ1) is 22.3. The van der Waals surface area contributed by atoms with Gasteiger partial charge in [0.05, 0.1) is 28.8 Å². The Kier molecular flexibility index (Phi) is 8.63. The van der Waals surface area contributed by atoms with Gasteiger partial charge in [0.15, 0.2) is 5.82 Å². The molecule has 0 aromatic carbocycles. The van der Waals surface area contributed by atoms with E-state index < -0.39 is 35.2 Å². The number of H-pyrrole nitrogens is 1. The number of pyridine rings is 1. The van der Waals surface area contributed by atoms with Crippen molar-refractivity contribution >= 4 is 29.5 Å². The molecule has 248 valence electrons. The maximum Gasteiger partial charge on any atom is 0.420 e. The molecule has 12 nitrogen and oxygen atoms in total. The first-order valence-corrected chi connectivity index (χ1v) is 15.2. The van der Waals surface area contributed by atoms with Crippen LogP contribution in [0.3, 0.4) is 0 Å². The highest BCUT2D eigenvalue weighted by Gasteiger charge is 2.45. The van der Waals surface area contributed by atoms with Gasteiger partial charge in [-0.05, 0) is 51.5 Å². The maximum atomic E-state index is 14.3. The smallest absolute Gasteiger partial charge is 0.420 e. The fraction of sp³-hybridized carbons (Fsp3) is 0.433. The van der Waals surface area contributed by atoms with E-state index in [-0.39, 0.29) is 40.7 Å². The SMILES string of the molecule is Cc1[nH]nc(-c2nc(NC3CCC(N(C(=O)OCC4(F)CC4)c4cnc(-c5ccn(C)c(=O)c5)cn4)CC3)ncc2C(F)(F)F)c1Cl. The van der Waals surface area contributed by atoms with Crippen LogP contribution < -0.4 is 15.8 Å². The number of aryl methyl sites for hydroxylation is 2. The van der Waals surface area contributed by atoms with Crippen LogP contribution in [-0.2, 0) is 18.0 Å². The zero-order valence-electron chi connectivity index (χ0n) is 25.3. The van der Waals surface area contributed by atoms with Crippen molar-refractivity contribution in [2.75, 3.05) is 16.8 Å². The van der Waals surface area contributed by atoms with Gasteiger partial charge in [0, 0.05) is 43.2 Å². The molecule has 4 heterocycles. The Labute approximate surface area is 270 Å². The molecule has 0 unspecified atom stereocenters. The van der Waals surface area contributed by atoms with Gasteiger partial charge in [-0.15, -0.1) is 0 Å². The lowest BCUT2D eigenvalue weighted by Gasteiger charge is -2.35. The molecule has 4 aromatic heterocycles. The lowest BCUT2D eigenvalue weighted by atomic mass is 9.90. The number of hydrogen-bond acceptors (Lipinski definition) is 9. The summed E-state index contributed by atoms with van der Waals surface area (Å²) in [4.78, 5) is 43.7. The number of amides is 1. The summed E-state index contributed by atoms with van der Waals surface area (Å²) >= 11 is 6.21. The van der Waals surface area contributed by atoms with E-state index in [0.29, 0.717) is 61.7 Å². The maximum absolute atomic E-state index is 14.3. The van der Waals surface area contributed by atoms with Crippen LogP contribution in [-0.4, -0.2) is 65.2 Å². The van der Waals surface area contributed by atoms with Crippen molar-refractivity contribution in [3.05, 3.63) is 63.6 Å². The third-order valence-corrected chi connectivity index (χ3v) is 8.78. The van der Waals surface area contributed by atoms with E-state index in [0.717, 1.165) is 0 Å². The molecule has 0 spiro atoms. The molecule has 2 aliphatic rings. The fourth-order valence-corrected chi connectivity index (χ4v) is 5.52. The van der Waals surface area contributed by atoms with Crippen LogP contribution in [0.25, 0.3) is 22.6 Å². The quantitative estimate of drug-likeness (QED) is 0.219. The molecule has 2 aliphatic carbocycles. The molecule has 0 aliphatic heterocycles. The van der Waals surface area contributed by atoms with Crippen LogP contribution >= 0.6 is 11.6 Å². The third-order valence-electron chi connectivity index (χ3n) is 8.31. The summed E-state index contributed by atoms with van der Waals surface area (Å²) in [5.41, 5.74) is -2.02. The normalized spacial score (nSPS) is 18.9. The molecule has 6 rings (SSSR count). The van der Waals surface area contributed by atoms with Gasteiger partial charge >= 0.3 is 12.3 Å². The number of rotatable bonds is 8. The second kappa shape index (κ2) is 12.5. The monoisotopic (exact) mass is 675 g/mol. The minimum Gasteiger partial charge on any atom is -0.446 e. The van der Waals surface area contributed by atoms with E-state index in [1.165, 1.54) is 27.9 Å². The Balaban J connectivity index is 1.19. The predicted octanol–water partition coefficient (Wildman–Crippen LogP) is 5.87. The Hall–Kier alpha value is -4.60. The molecule has 4 aromatic rings. The molecule has 0 atom stereocenters. The average molecular weight is 676 g/mol. The number of nitrogens with zero attached hydrogens (tertiary/aromatic N) is 7. The predicted molar refractivity (Wildman–Crippen MR) is 164 cm³/mol. The van der Waals surface area contributed by atoms with Gasteiger partial charge in [0.1, 0.15) is 29.2 Å². The second-order valence-electron chi connectivity index (χ2n) is 11.8. The largest absolute Gasteiger partial charge is 0.446 e. The molecule has 1 amide bonds. The van der Waals surface area contributed by atoms with E-state index in [1.54, 1.807) is 26.2 Å². The first kappa shape index (κ1) is 32.3. The lowest BCUT2D eigenvalue weighted by Crippen LogP contribution is -2.45. The summed E-state index contributed by atoms with van der Waals surface area (Å²) in [6.07, 6.45) is 2.17. The van der Waals surface area contributed by atoms with Crippen molar-refractivity contribution in [3.63, 3.8) is 0 Å². The van der Waals surface area contributed by atoms with Gasteiger partial charge in [-0.2, -0.15) is 18.3 Å². The van der Waals surface area contributed by atoms with E-state index in [9.17, 15) is 27.2 Å². The highest BCUT2D eigenvalue weighted by atomic mass is 35.5. The Bertz CT molecular complexity index is 1840. The third kappa shape index (κ3) is 7.06. The second-order valence-corrected chi connectivity index (χ2v) is 12.2. The molecular weight excluding hydrogens is 646 g/mol. The van der Waals surface area contributed by atoms with E-state index in [4.69, 9.17) is 16.3 Å². The van der Waals surface area contributed by atoms with Crippen molar-refractivity contribution in [2.24, 2.45) is 7.05 Å². The van der Waals surface area contributed by atoms with Crippen LogP contribution in [0.15, 0.2) is 41.7 Å². The number of alkyl halides is 4. The number of aromatic amines is 1. The molecule has 2 saturated carbocycles. The zero-order valence-corrected chi connectivity index (χ0v) is 26.1. The van der Waals surface area contributed by atoms with Crippen LogP contribution in [0.5, 0.6) is 0 Å². The number of hydrogen-bond donors (Lipinski definition) is 2. The van der Waals surface area contributed by atoms with Gasteiger partial charge in [0.25, 0.3) is 5.56 Å². The first-order valence-electron chi connectivity index (χ1n) is 14.9. The highest BCUT2D eigenvalue weighted by molar-refractivity contribution is 6.33. The molecule has 47 heavy (non-hydrogen) atoms. The summed E-state index contributed by atoms with van der Waals surface area (Å²) < 4.78 is 62.5. The van der Waals surface area contributed by atoms with Gasteiger partial charge in [-0.3, -0.25) is 19.8 Å². The summed E-state index contributed by atoms with van der Waals surface area (Å²) in [6.45, 7) is 1.21. The Morgan fingerprint density at radius 2 is 1.89 bits per heavy atom. The van der Waals surface area contributed by atoms with E-state index in [1.807, 2.05) is 0 Å². The van der Waals surface area contributed by atoms with Crippen molar-refractivity contribution in [3.8, 4) is 22.6 Å². The van der Waals surface area contributed by atoms with Gasteiger partial charge in [-0.25, -0.2) is 24.1 Å². The van der Waals surface area contributed by atoms with Crippen LogP contribution in [0.1, 0.15) is 49.8 Å². The minimum atomic E-state index is -4.74. The summed E-state index contributed by atoms with van der Waals surface area (Å²) in [5.74, 6) is 0.170. The molecule has 17 heteroatoms. The number of anilines is 2. The van der Waals surface area contributed by atoms with Crippen molar-refractivity contribution in [2.45, 2.75) is 69.4 Å². The van der Waals surface area contributed by atoms with Crippen LogP contribution in [0.4, 0.5) is 34.1 Å². The number of aromatic nitrogens is 7. The molecule has 0 bridgehead atoms.